The number of benzene rings is 3. The molecule has 0 saturated carbocycles. The van der Waals surface area contributed by atoms with Crippen molar-refractivity contribution >= 4 is 6.29 Å². The number of alkyl halides is 3. The van der Waals surface area contributed by atoms with Crippen LogP contribution in [0.15, 0.2) is 78.9 Å². The number of carbonyl (C=O) groups excluding carboxylic acids is 1. The summed E-state index contributed by atoms with van der Waals surface area (Å²) in [5.41, 5.74) is 0.0759. The minimum absolute atomic E-state index is 0. The molecule has 0 amide bonds. The second-order valence-corrected chi connectivity index (χ2v) is 5.73. The molecule has 0 bridgehead atoms. The van der Waals surface area contributed by atoms with Gasteiger partial charge in [0.05, 0.1) is 0 Å². The Morgan fingerprint density at radius 1 is 0.700 bits per heavy atom. The van der Waals surface area contributed by atoms with Crippen molar-refractivity contribution in [1.29, 1.82) is 0 Å². The molecule has 4 nitrogen and oxygen atoms in total. The summed E-state index contributed by atoms with van der Waals surface area (Å²) < 4.78 is 39.5. The van der Waals surface area contributed by atoms with Crippen molar-refractivity contribution < 1.29 is 38.0 Å². The van der Waals surface area contributed by atoms with Crippen LogP contribution in [-0.2, 0) is 4.79 Å². The molecule has 0 saturated heterocycles. The molecule has 3 N–H and O–H groups in total. The molecule has 0 radical (unpaired) electrons. The maximum absolute atomic E-state index is 13.2. The van der Waals surface area contributed by atoms with E-state index in [1.54, 1.807) is 24.3 Å². The minimum atomic E-state index is -4.45. The molecule has 8 heteroatoms. The van der Waals surface area contributed by atoms with Gasteiger partial charge in [-0.15, -0.1) is 0 Å². The van der Waals surface area contributed by atoms with Gasteiger partial charge in [0.2, 0.25) is 0 Å². The largest absolute Gasteiger partial charge is 0.508 e. The summed E-state index contributed by atoms with van der Waals surface area (Å²) in [6.45, 7) is 1.44. The van der Waals surface area contributed by atoms with Crippen LogP contribution in [0, 0.1) is 0 Å². The van der Waals surface area contributed by atoms with Gasteiger partial charge in [-0.3, -0.25) is 4.70 Å². The Labute approximate surface area is 171 Å². The highest BCUT2D eigenvalue weighted by Gasteiger charge is 2.41. The zero-order valence-corrected chi connectivity index (χ0v) is 16.0. The number of rotatable bonds is 2. The fourth-order valence-corrected chi connectivity index (χ4v) is 2.33. The number of hydrogen-bond donors (Lipinski definition) is 3. The molecule has 0 aliphatic heterocycles. The zero-order valence-electron chi connectivity index (χ0n) is 16.0. The molecule has 0 aliphatic carbocycles. The van der Waals surface area contributed by atoms with Crippen molar-refractivity contribution in [3.8, 4) is 17.2 Å². The Hall–Kier alpha value is -3.55. The van der Waals surface area contributed by atoms with E-state index in [2.05, 4.69) is 0 Å². The summed E-state index contributed by atoms with van der Waals surface area (Å²) in [5, 5.41) is 26.9. The lowest BCUT2D eigenvalue weighted by Crippen LogP contribution is -2.21. The molecule has 0 fully saturated rings. The van der Waals surface area contributed by atoms with E-state index in [9.17, 15) is 13.2 Å². The first-order valence-corrected chi connectivity index (χ1v) is 8.47. The molecule has 0 heterocycles. The highest BCUT2D eigenvalue weighted by molar-refractivity contribution is 5.44. The van der Waals surface area contributed by atoms with Gasteiger partial charge < -0.3 is 20.1 Å². The second-order valence-electron chi connectivity index (χ2n) is 5.73. The normalized spacial score (nSPS) is 9.90. The van der Waals surface area contributed by atoms with Crippen LogP contribution in [0.3, 0.4) is 0 Å². The highest BCUT2D eigenvalue weighted by atomic mass is 19.4. The van der Waals surface area contributed by atoms with Crippen LogP contribution in [0.5, 0.6) is 17.2 Å². The van der Waals surface area contributed by atoms with Crippen molar-refractivity contribution in [1.82, 2.24) is 0 Å². The standard InChI is InChI=1S/C14H11F3O2.C6H6O.C2H4O.FH/c15-14(16,17)13(9-1-5-11(18)6-2-9)10-3-7-12(19)8-4-10;7-6-4-2-1-3-5-6;1-2-3;/h1-8,13,18-19H;1-5,7H;2H,1H3;1H. The molecule has 0 spiro atoms. The fourth-order valence-electron chi connectivity index (χ4n) is 2.33. The van der Waals surface area contributed by atoms with Gasteiger partial charge in [-0.1, -0.05) is 42.5 Å². The summed E-state index contributed by atoms with van der Waals surface area (Å²) in [4.78, 5) is 8.81. The van der Waals surface area contributed by atoms with Crippen molar-refractivity contribution in [3.63, 3.8) is 0 Å². The van der Waals surface area contributed by atoms with Crippen molar-refractivity contribution in [2.45, 2.75) is 19.0 Å². The lowest BCUT2D eigenvalue weighted by molar-refractivity contribution is -0.141. The van der Waals surface area contributed by atoms with E-state index >= 15 is 0 Å². The number of aldehydes is 1. The van der Waals surface area contributed by atoms with Crippen molar-refractivity contribution in [2.24, 2.45) is 0 Å². The first-order chi connectivity index (χ1) is 13.7. The summed E-state index contributed by atoms with van der Waals surface area (Å²) in [6, 6.07) is 18.5. The van der Waals surface area contributed by atoms with Crippen molar-refractivity contribution in [3.05, 3.63) is 90.0 Å². The van der Waals surface area contributed by atoms with Crippen LogP contribution in [0.4, 0.5) is 17.9 Å². The predicted molar refractivity (Wildman–Crippen MR) is 106 cm³/mol. The first kappa shape index (κ1) is 26.5. The number of hydrogen-bond acceptors (Lipinski definition) is 4. The lowest BCUT2D eigenvalue weighted by Gasteiger charge is -2.21. The molecule has 0 atom stereocenters. The Morgan fingerprint density at radius 3 is 1.23 bits per heavy atom. The number of halogens is 4. The van der Waals surface area contributed by atoms with Crippen molar-refractivity contribution in [2.75, 3.05) is 0 Å². The average Bonchev–Trinajstić information content (AvgIpc) is 2.66. The monoisotopic (exact) mass is 426 g/mol. The van der Waals surface area contributed by atoms with Gasteiger partial charge in [0, 0.05) is 0 Å². The van der Waals surface area contributed by atoms with Gasteiger partial charge in [-0.05, 0) is 54.4 Å². The van der Waals surface area contributed by atoms with Gasteiger partial charge >= 0.3 is 6.18 Å². The van der Waals surface area contributed by atoms with E-state index in [0.717, 1.165) is 6.29 Å². The zero-order chi connectivity index (χ0) is 21.9. The van der Waals surface area contributed by atoms with E-state index in [-0.39, 0.29) is 27.3 Å². The third kappa shape index (κ3) is 9.09. The maximum atomic E-state index is 13.2. The third-order valence-corrected chi connectivity index (χ3v) is 3.54. The number of phenols is 3. The van der Waals surface area contributed by atoms with E-state index in [1.807, 2.05) is 6.07 Å². The van der Waals surface area contributed by atoms with Gasteiger partial charge in [-0.2, -0.15) is 13.2 Å². The van der Waals surface area contributed by atoms with Gasteiger partial charge in [-0.25, -0.2) is 0 Å². The van der Waals surface area contributed by atoms with Crippen LogP contribution in [0.2, 0.25) is 0 Å². The Kier molecular flexibility index (Phi) is 11.3. The summed E-state index contributed by atoms with van der Waals surface area (Å²) in [5.74, 6) is -1.64. The Bertz CT molecular complexity index is 804. The molecule has 0 aromatic heterocycles. The first-order valence-electron chi connectivity index (χ1n) is 8.47. The number of phenolic OH excluding ortho intramolecular Hbond substituents is 3. The summed E-state index contributed by atoms with van der Waals surface area (Å²) in [6.07, 6.45) is -3.70. The Morgan fingerprint density at radius 2 is 1.00 bits per heavy atom. The van der Waals surface area contributed by atoms with Gasteiger partial charge in [0.25, 0.3) is 0 Å². The molecule has 0 aliphatic rings. The minimum Gasteiger partial charge on any atom is -0.508 e. The smallest absolute Gasteiger partial charge is 0.399 e. The number of aromatic hydroxyl groups is 3. The average molecular weight is 426 g/mol. The fraction of sp³-hybridized carbons (Fsp3) is 0.136. The summed E-state index contributed by atoms with van der Waals surface area (Å²) >= 11 is 0. The highest BCUT2D eigenvalue weighted by Crippen LogP contribution is 2.40. The molecule has 162 valence electrons. The molecule has 3 aromatic carbocycles. The van der Waals surface area contributed by atoms with Crippen LogP contribution in [0.1, 0.15) is 24.0 Å². The van der Waals surface area contributed by atoms with E-state index in [0.29, 0.717) is 5.75 Å². The predicted octanol–water partition coefficient (Wildman–Crippen LogP) is 5.54. The molecular weight excluding hydrogens is 404 g/mol. The van der Waals surface area contributed by atoms with E-state index < -0.39 is 12.1 Å². The SMILES string of the molecule is CC=O.F.Oc1ccc(C(c2ccc(O)cc2)C(F)(F)F)cc1.Oc1ccccc1. The van der Waals surface area contributed by atoms with Gasteiger partial charge in [0.1, 0.15) is 29.5 Å². The van der Waals surface area contributed by atoms with Crippen LogP contribution < -0.4 is 0 Å². The van der Waals surface area contributed by atoms with E-state index in [4.69, 9.17) is 20.1 Å². The van der Waals surface area contributed by atoms with Crippen LogP contribution in [0.25, 0.3) is 0 Å². The second kappa shape index (κ2) is 12.8. The molecule has 30 heavy (non-hydrogen) atoms. The number of carbonyl (C=O) groups is 1. The third-order valence-electron chi connectivity index (χ3n) is 3.54. The van der Waals surface area contributed by atoms with Gasteiger partial charge in [0.15, 0.2) is 0 Å². The molecular formula is C22H22F4O4. The number of para-hydroxylation sites is 1. The molecule has 3 aromatic rings. The van der Waals surface area contributed by atoms with Crippen LogP contribution >= 0.6 is 0 Å². The topological polar surface area (TPSA) is 77.8 Å². The molecule has 3 rings (SSSR count). The van der Waals surface area contributed by atoms with E-state index in [1.165, 1.54) is 55.5 Å². The lowest BCUT2D eigenvalue weighted by atomic mass is 9.90. The quantitative estimate of drug-likeness (QED) is 0.371. The maximum Gasteiger partial charge on any atom is 0.399 e. The Balaban J connectivity index is 0.000000637. The molecule has 0 unspecified atom stereocenters. The van der Waals surface area contributed by atoms with Crippen LogP contribution in [-0.4, -0.2) is 27.8 Å². The summed E-state index contributed by atoms with van der Waals surface area (Å²) in [7, 11) is 0.